The maximum atomic E-state index is 12.4. The minimum absolute atomic E-state index is 0.233. The standard InChI is InChI=1S/C16H18ClN3O3S2/c1-23-9-7-19-15(24)18-6-8-20-14(21)13(25-16(20)22)10-11-4-2-3-5-12(11)17/h2-5,10H,6-9H2,1H3,(H2,18,19,24)/b13-10-. The minimum Gasteiger partial charge on any atom is -0.383 e. The zero-order chi connectivity index (χ0) is 18.2. The van der Waals surface area contributed by atoms with Crippen LogP contribution in [0.25, 0.3) is 6.08 Å². The van der Waals surface area contributed by atoms with Gasteiger partial charge in [-0.15, -0.1) is 0 Å². The van der Waals surface area contributed by atoms with E-state index < -0.39 is 0 Å². The van der Waals surface area contributed by atoms with Gasteiger partial charge in [-0.3, -0.25) is 14.5 Å². The molecule has 0 spiro atoms. The molecule has 1 aliphatic heterocycles. The zero-order valence-electron chi connectivity index (χ0n) is 13.6. The predicted octanol–water partition coefficient (Wildman–Crippen LogP) is 2.49. The molecule has 2 N–H and O–H groups in total. The van der Waals surface area contributed by atoms with E-state index in [4.69, 9.17) is 28.6 Å². The van der Waals surface area contributed by atoms with Gasteiger partial charge >= 0.3 is 0 Å². The molecule has 0 bridgehead atoms. The first-order valence-corrected chi connectivity index (χ1v) is 9.13. The molecule has 0 saturated carbocycles. The van der Waals surface area contributed by atoms with Crippen LogP contribution in [0.4, 0.5) is 4.79 Å². The normalized spacial score (nSPS) is 15.8. The summed E-state index contributed by atoms with van der Waals surface area (Å²) in [6, 6.07) is 7.16. The lowest BCUT2D eigenvalue weighted by atomic mass is 10.2. The molecule has 6 nitrogen and oxygen atoms in total. The van der Waals surface area contributed by atoms with Gasteiger partial charge in [-0.25, -0.2) is 0 Å². The van der Waals surface area contributed by atoms with Crippen LogP contribution >= 0.6 is 35.6 Å². The summed E-state index contributed by atoms with van der Waals surface area (Å²) >= 11 is 12.1. The van der Waals surface area contributed by atoms with Gasteiger partial charge in [0.05, 0.1) is 11.5 Å². The fourth-order valence-electron chi connectivity index (χ4n) is 2.04. The number of halogens is 1. The predicted molar refractivity (Wildman–Crippen MR) is 105 cm³/mol. The number of ether oxygens (including phenoxy) is 1. The first kappa shape index (κ1) is 19.7. The van der Waals surface area contributed by atoms with Crippen molar-refractivity contribution in [2.24, 2.45) is 0 Å². The van der Waals surface area contributed by atoms with Crippen LogP contribution in [0.1, 0.15) is 5.56 Å². The molecule has 2 rings (SSSR count). The summed E-state index contributed by atoms with van der Waals surface area (Å²) in [5, 5.41) is 6.59. The third kappa shape index (κ3) is 5.71. The Morgan fingerprint density at radius 2 is 2.04 bits per heavy atom. The van der Waals surface area contributed by atoms with E-state index in [-0.39, 0.29) is 17.7 Å². The molecule has 1 aliphatic rings. The Hall–Kier alpha value is -1.61. The Morgan fingerprint density at radius 1 is 1.32 bits per heavy atom. The molecule has 134 valence electrons. The van der Waals surface area contributed by atoms with Gasteiger partial charge in [-0.1, -0.05) is 29.8 Å². The molecule has 1 aromatic rings. The third-order valence-corrected chi connectivity index (χ3v) is 4.82. The van der Waals surface area contributed by atoms with Crippen molar-refractivity contribution in [3.63, 3.8) is 0 Å². The van der Waals surface area contributed by atoms with E-state index in [0.29, 0.717) is 40.3 Å². The van der Waals surface area contributed by atoms with E-state index in [2.05, 4.69) is 10.6 Å². The van der Waals surface area contributed by atoms with Crippen LogP contribution in [-0.2, 0) is 9.53 Å². The number of imide groups is 1. The van der Waals surface area contributed by atoms with Crippen LogP contribution < -0.4 is 10.6 Å². The van der Waals surface area contributed by atoms with Crippen molar-refractivity contribution in [3.8, 4) is 0 Å². The molecule has 2 amide bonds. The highest BCUT2D eigenvalue weighted by molar-refractivity contribution is 8.18. The van der Waals surface area contributed by atoms with Crippen molar-refractivity contribution in [1.29, 1.82) is 0 Å². The monoisotopic (exact) mass is 399 g/mol. The maximum Gasteiger partial charge on any atom is 0.293 e. The van der Waals surface area contributed by atoms with Crippen LogP contribution in [0.2, 0.25) is 5.02 Å². The van der Waals surface area contributed by atoms with E-state index in [1.54, 1.807) is 31.4 Å². The van der Waals surface area contributed by atoms with Gasteiger partial charge in [0.1, 0.15) is 0 Å². The summed E-state index contributed by atoms with van der Waals surface area (Å²) in [5.41, 5.74) is 0.705. The molecule has 25 heavy (non-hydrogen) atoms. The molecule has 0 aliphatic carbocycles. The average molecular weight is 400 g/mol. The van der Waals surface area contributed by atoms with Crippen LogP contribution in [0.3, 0.4) is 0 Å². The van der Waals surface area contributed by atoms with Crippen LogP contribution in [-0.4, -0.2) is 54.5 Å². The summed E-state index contributed by atoms with van der Waals surface area (Å²) < 4.78 is 4.91. The third-order valence-electron chi connectivity index (χ3n) is 3.28. The maximum absolute atomic E-state index is 12.4. The topological polar surface area (TPSA) is 70.7 Å². The summed E-state index contributed by atoms with van der Waals surface area (Å²) in [6.07, 6.45) is 1.64. The molecule has 1 fully saturated rings. The van der Waals surface area contributed by atoms with Gasteiger partial charge in [0, 0.05) is 31.8 Å². The fourth-order valence-corrected chi connectivity index (χ4v) is 3.29. The molecule has 0 atom stereocenters. The number of nitrogens with zero attached hydrogens (tertiary/aromatic N) is 1. The van der Waals surface area contributed by atoms with Crippen LogP contribution in [0.5, 0.6) is 0 Å². The van der Waals surface area contributed by atoms with E-state index in [1.165, 1.54) is 4.90 Å². The van der Waals surface area contributed by atoms with Crippen LogP contribution in [0.15, 0.2) is 29.2 Å². The van der Waals surface area contributed by atoms with Gasteiger partial charge < -0.3 is 15.4 Å². The number of carbonyl (C=O) groups excluding carboxylic acids is 2. The number of benzene rings is 1. The molecule has 1 aromatic carbocycles. The number of methoxy groups -OCH3 is 1. The summed E-state index contributed by atoms with van der Waals surface area (Å²) in [4.78, 5) is 26.0. The lowest BCUT2D eigenvalue weighted by Gasteiger charge is -2.14. The van der Waals surface area contributed by atoms with Crippen molar-refractivity contribution in [2.75, 3.05) is 33.4 Å². The highest BCUT2D eigenvalue weighted by atomic mass is 35.5. The molecular formula is C16H18ClN3O3S2. The first-order valence-electron chi connectivity index (χ1n) is 7.53. The minimum atomic E-state index is -0.324. The number of thiocarbonyl (C=S) groups is 1. The SMILES string of the molecule is COCCNC(=S)NCCN1C(=O)S/C(=C\c2ccccc2Cl)C1=O. The summed E-state index contributed by atoms with van der Waals surface area (Å²) in [6.45, 7) is 1.73. The van der Waals surface area contributed by atoms with Gasteiger partial charge in [0.25, 0.3) is 11.1 Å². The van der Waals surface area contributed by atoms with Crippen molar-refractivity contribution < 1.29 is 14.3 Å². The average Bonchev–Trinajstić information content (AvgIpc) is 2.84. The molecule has 0 aromatic heterocycles. The lowest BCUT2D eigenvalue weighted by Crippen LogP contribution is -2.42. The number of hydrogen-bond acceptors (Lipinski definition) is 5. The Balaban J connectivity index is 1.89. The van der Waals surface area contributed by atoms with E-state index in [9.17, 15) is 9.59 Å². The fraction of sp³-hybridized carbons (Fsp3) is 0.312. The first-order chi connectivity index (χ1) is 12.0. The van der Waals surface area contributed by atoms with E-state index >= 15 is 0 Å². The highest BCUT2D eigenvalue weighted by Crippen LogP contribution is 2.33. The Morgan fingerprint density at radius 3 is 2.76 bits per heavy atom. The summed E-state index contributed by atoms with van der Waals surface area (Å²) in [5.74, 6) is -0.324. The van der Waals surface area contributed by atoms with Gasteiger partial charge in [0.15, 0.2) is 5.11 Å². The number of rotatable bonds is 7. The van der Waals surface area contributed by atoms with Crippen molar-refractivity contribution >= 4 is 57.9 Å². The smallest absolute Gasteiger partial charge is 0.293 e. The molecule has 1 heterocycles. The lowest BCUT2D eigenvalue weighted by molar-refractivity contribution is -0.122. The number of hydrogen-bond donors (Lipinski definition) is 2. The van der Waals surface area contributed by atoms with Crippen molar-refractivity contribution in [3.05, 3.63) is 39.8 Å². The summed E-state index contributed by atoms with van der Waals surface area (Å²) in [7, 11) is 1.61. The number of amides is 2. The molecular weight excluding hydrogens is 382 g/mol. The molecule has 0 unspecified atom stereocenters. The van der Waals surface area contributed by atoms with Gasteiger partial charge in [-0.2, -0.15) is 0 Å². The second-order valence-electron chi connectivity index (χ2n) is 5.03. The van der Waals surface area contributed by atoms with E-state index in [0.717, 1.165) is 11.8 Å². The second-order valence-corrected chi connectivity index (χ2v) is 6.84. The second kappa shape index (κ2) is 9.76. The molecule has 0 radical (unpaired) electrons. The van der Waals surface area contributed by atoms with Gasteiger partial charge in [-0.05, 0) is 41.7 Å². The Kier molecular flexibility index (Phi) is 7.70. The van der Waals surface area contributed by atoms with Gasteiger partial charge in [0.2, 0.25) is 0 Å². The van der Waals surface area contributed by atoms with Crippen molar-refractivity contribution in [2.45, 2.75) is 0 Å². The molecule has 1 saturated heterocycles. The molecule has 9 heteroatoms. The highest BCUT2D eigenvalue weighted by Gasteiger charge is 2.34. The zero-order valence-corrected chi connectivity index (χ0v) is 16.0. The number of nitrogens with one attached hydrogen (secondary N) is 2. The number of carbonyl (C=O) groups is 2. The largest absolute Gasteiger partial charge is 0.383 e. The van der Waals surface area contributed by atoms with Crippen LogP contribution in [0, 0.1) is 0 Å². The Bertz CT molecular complexity index is 697. The number of thioether (sulfide) groups is 1. The van der Waals surface area contributed by atoms with Crippen molar-refractivity contribution in [1.82, 2.24) is 15.5 Å². The Labute approximate surface area is 160 Å². The van der Waals surface area contributed by atoms with E-state index in [1.807, 2.05) is 6.07 Å². The quantitative estimate of drug-likeness (QED) is 0.414.